The Morgan fingerprint density at radius 3 is 2.06 bits per heavy atom. The van der Waals surface area contributed by atoms with E-state index in [1.165, 1.54) is 0 Å². The predicted octanol–water partition coefficient (Wildman–Crippen LogP) is 4.56. The first kappa shape index (κ1) is 25.3. The van der Waals surface area contributed by atoms with Gasteiger partial charge in [0.15, 0.2) is 0 Å². The Kier molecular flexibility index (Phi) is 7.97. The van der Waals surface area contributed by atoms with Crippen molar-refractivity contribution >= 4 is 18.0 Å². The molecule has 7 heteroatoms. The molecule has 2 unspecified atom stereocenters. The molecule has 0 spiro atoms. The van der Waals surface area contributed by atoms with E-state index < -0.39 is 29.9 Å². The maximum atomic E-state index is 12.6. The van der Waals surface area contributed by atoms with Gasteiger partial charge in [0.05, 0.1) is 5.92 Å². The van der Waals surface area contributed by atoms with E-state index in [1.54, 1.807) is 6.92 Å². The van der Waals surface area contributed by atoms with Crippen molar-refractivity contribution < 1.29 is 24.2 Å². The maximum absolute atomic E-state index is 12.6. The van der Waals surface area contributed by atoms with E-state index in [4.69, 9.17) is 4.74 Å². The second-order valence-corrected chi connectivity index (χ2v) is 9.98. The highest BCUT2D eigenvalue weighted by molar-refractivity contribution is 5.86. The number of rotatable bonds is 9. The van der Waals surface area contributed by atoms with Crippen molar-refractivity contribution in [2.24, 2.45) is 11.3 Å². The van der Waals surface area contributed by atoms with E-state index in [0.717, 1.165) is 22.3 Å². The molecule has 34 heavy (non-hydrogen) atoms. The van der Waals surface area contributed by atoms with Gasteiger partial charge in [-0.1, -0.05) is 76.2 Å². The van der Waals surface area contributed by atoms with Crippen molar-refractivity contribution in [1.82, 2.24) is 10.6 Å². The summed E-state index contributed by atoms with van der Waals surface area (Å²) < 4.78 is 5.53. The number of carbonyl (C=O) groups excluding carboxylic acids is 2. The number of aliphatic carboxylic acids is 1. The molecule has 1 aliphatic carbocycles. The Hall–Kier alpha value is -3.35. The second-order valence-electron chi connectivity index (χ2n) is 9.98. The van der Waals surface area contributed by atoms with Gasteiger partial charge in [0.1, 0.15) is 12.6 Å². The number of benzene rings is 2. The van der Waals surface area contributed by atoms with E-state index in [2.05, 4.69) is 22.8 Å². The molecule has 2 amide bonds. The van der Waals surface area contributed by atoms with Gasteiger partial charge in [0.25, 0.3) is 0 Å². The molecular weight excluding hydrogens is 432 g/mol. The summed E-state index contributed by atoms with van der Waals surface area (Å²) in [5.74, 6) is -2.14. The summed E-state index contributed by atoms with van der Waals surface area (Å²) in [6.45, 7) is 7.81. The fraction of sp³-hybridized carbons (Fsp3) is 0.444. The minimum Gasteiger partial charge on any atom is -0.481 e. The number of carboxylic acid groups (broad SMARTS) is 1. The molecule has 1 aliphatic rings. The number of amides is 2. The standard InChI is InChI=1S/C27H34N2O5/c1-5-23(24(30)28-15-17(25(31)32)14-27(2,3)4)29-26(33)34-16-22-20-12-8-6-10-18(20)19-11-7-9-13-21(19)22/h6-13,17,22-23H,5,14-16H2,1-4H3,(H,28,30)(H,29,33)(H,31,32). The Labute approximate surface area is 200 Å². The molecule has 0 radical (unpaired) electrons. The van der Waals surface area contributed by atoms with Gasteiger partial charge in [-0.25, -0.2) is 4.79 Å². The molecule has 2 atom stereocenters. The molecule has 0 saturated heterocycles. The second kappa shape index (κ2) is 10.7. The molecule has 0 heterocycles. The SMILES string of the molecule is CCC(NC(=O)OCC1c2ccccc2-c2ccccc21)C(=O)NCC(CC(C)(C)C)C(=O)O. The van der Waals surface area contributed by atoms with E-state index >= 15 is 0 Å². The Balaban J connectivity index is 1.56. The van der Waals surface area contributed by atoms with Crippen LogP contribution in [-0.4, -0.2) is 42.3 Å². The average molecular weight is 467 g/mol. The van der Waals surface area contributed by atoms with Crippen LogP contribution in [-0.2, 0) is 14.3 Å². The number of carbonyl (C=O) groups is 3. The molecule has 0 fully saturated rings. The highest BCUT2D eigenvalue weighted by atomic mass is 16.5. The van der Waals surface area contributed by atoms with Crippen LogP contribution in [0.15, 0.2) is 48.5 Å². The zero-order valence-corrected chi connectivity index (χ0v) is 20.3. The van der Waals surface area contributed by atoms with Crippen LogP contribution in [0.25, 0.3) is 11.1 Å². The number of hydrogen-bond donors (Lipinski definition) is 3. The molecule has 7 nitrogen and oxygen atoms in total. The lowest BCUT2D eigenvalue weighted by atomic mass is 9.84. The van der Waals surface area contributed by atoms with Crippen LogP contribution in [0.1, 0.15) is 57.6 Å². The van der Waals surface area contributed by atoms with Crippen LogP contribution in [0.5, 0.6) is 0 Å². The number of alkyl carbamates (subject to hydrolysis) is 1. The lowest BCUT2D eigenvalue weighted by Gasteiger charge is -2.24. The van der Waals surface area contributed by atoms with Crippen LogP contribution in [0.4, 0.5) is 4.79 Å². The van der Waals surface area contributed by atoms with Crippen molar-refractivity contribution in [1.29, 1.82) is 0 Å². The summed E-state index contributed by atoms with van der Waals surface area (Å²) in [6.07, 6.45) is 0.111. The normalized spacial score (nSPS) is 14.5. The summed E-state index contributed by atoms with van der Waals surface area (Å²) in [4.78, 5) is 36.7. The summed E-state index contributed by atoms with van der Waals surface area (Å²) in [6, 6.07) is 15.3. The predicted molar refractivity (Wildman–Crippen MR) is 130 cm³/mol. The summed E-state index contributed by atoms with van der Waals surface area (Å²) in [5.41, 5.74) is 4.32. The van der Waals surface area contributed by atoms with Crippen LogP contribution in [0.3, 0.4) is 0 Å². The minimum absolute atomic E-state index is 0.00824. The number of nitrogens with one attached hydrogen (secondary N) is 2. The zero-order chi connectivity index (χ0) is 24.9. The van der Waals surface area contributed by atoms with Crippen LogP contribution in [0.2, 0.25) is 0 Å². The number of fused-ring (bicyclic) bond motifs is 3. The first-order valence-electron chi connectivity index (χ1n) is 11.7. The highest BCUT2D eigenvalue weighted by Gasteiger charge is 2.30. The van der Waals surface area contributed by atoms with Crippen LogP contribution >= 0.6 is 0 Å². The average Bonchev–Trinajstić information content (AvgIpc) is 3.11. The molecule has 3 N–H and O–H groups in total. The fourth-order valence-electron chi connectivity index (χ4n) is 4.47. The zero-order valence-electron chi connectivity index (χ0n) is 20.3. The number of ether oxygens (including phenoxy) is 1. The van der Waals surface area contributed by atoms with Crippen molar-refractivity contribution in [3.8, 4) is 11.1 Å². The quantitative estimate of drug-likeness (QED) is 0.503. The molecule has 0 saturated carbocycles. The lowest BCUT2D eigenvalue weighted by Crippen LogP contribution is -2.48. The van der Waals surface area contributed by atoms with E-state index in [0.29, 0.717) is 12.8 Å². The molecule has 2 aromatic carbocycles. The van der Waals surface area contributed by atoms with Crippen molar-refractivity contribution in [3.63, 3.8) is 0 Å². The first-order chi connectivity index (χ1) is 16.1. The van der Waals surface area contributed by atoms with Gasteiger partial charge in [-0.05, 0) is 40.5 Å². The van der Waals surface area contributed by atoms with E-state index in [1.807, 2.05) is 57.2 Å². The van der Waals surface area contributed by atoms with Crippen LogP contribution in [0, 0.1) is 11.3 Å². The molecule has 182 valence electrons. The topological polar surface area (TPSA) is 105 Å². The number of hydrogen-bond acceptors (Lipinski definition) is 4. The Morgan fingerprint density at radius 1 is 1.00 bits per heavy atom. The molecule has 2 aromatic rings. The Bertz CT molecular complexity index is 998. The molecule has 0 aromatic heterocycles. The molecule has 3 rings (SSSR count). The molecule has 0 bridgehead atoms. The number of carboxylic acids is 1. The van der Waals surface area contributed by atoms with Gasteiger partial charge in [-0.15, -0.1) is 0 Å². The van der Waals surface area contributed by atoms with Crippen molar-refractivity contribution in [3.05, 3.63) is 59.7 Å². The van der Waals surface area contributed by atoms with Gasteiger partial charge in [-0.2, -0.15) is 0 Å². The smallest absolute Gasteiger partial charge is 0.407 e. The summed E-state index contributed by atoms with van der Waals surface area (Å²) in [5, 5.41) is 14.8. The monoisotopic (exact) mass is 466 g/mol. The molecule has 0 aliphatic heterocycles. The van der Waals surface area contributed by atoms with Gasteiger partial charge in [0.2, 0.25) is 5.91 Å². The molecular formula is C27H34N2O5. The maximum Gasteiger partial charge on any atom is 0.407 e. The third-order valence-corrected chi connectivity index (χ3v) is 6.09. The van der Waals surface area contributed by atoms with Gasteiger partial charge in [-0.3, -0.25) is 9.59 Å². The largest absolute Gasteiger partial charge is 0.481 e. The van der Waals surface area contributed by atoms with Crippen LogP contribution < -0.4 is 10.6 Å². The summed E-state index contributed by atoms with van der Waals surface area (Å²) >= 11 is 0. The minimum atomic E-state index is -0.951. The van der Waals surface area contributed by atoms with E-state index in [-0.39, 0.29) is 24.5 Å². The van der Waals surface area contributed by atoms with E-state index in [9.17, 15) is 19.5 Å². The Morgan fingerprint density at radius 2 is 1.56 bits per heavy atom. The highest BCUT2D eigenvalue weighted by Crippen LogP contribution is 2.44. The lowest BCUT2D eigenvalue weighted by molar-refractivity contribution is -0.142. The first-order valence-corrected chi connectivity index (χ1v) is 11.7. The fourth-order valence-corrected chi connectivity index (χ4v) is 4.47. The van der Waals surface area contributed by atoms with Crippen molar-refractivity contribution in [2.45, 2.75) is 52.5 Å². The summed E-state index contributed by atoms with van der Waals surface area (Å²) in [7, 11) is 0. The van der Waals surface area contributed by atoms with Gasteiger partial charge < -0.3 is 20.5 Å². The third kappa shape index (κ3) is 6.16. The van der Waals surface area contributed by atoms with Gasteiger partial charge in [0, 0.05) is 12.5 Å². The van der Waals surface area contributed by atoms with Crippen molar-refractivity contribution in [2.75, 3.05) is 13.2 Å². The third-order valence-electron chi connectivity index (χ3n) is 6.09. The van der Waals surface area contributed by atoms with Gasteiger partial charge >= 0.3 is 12.1 Å².